The Morgan fingerprint density at radius 2 is 1.79 bits per heavy atom. The summed E-state index contributed by atoms with van der Waals surface area (Å²) in [5.74, 6) is 2.05. The van der Waals surface area contributed by atoms with Crippen molar-refractivity contribution in [2.24, 2.45) is 17.8 Å². The van der Waals surface area contributed by atoms with Crippen molar-refractivity contribution in [2.45, 2.75) is 52.9 Å². The van der Waals surface area contributed by atoms with Crippen molar-refractivity contribution in [1.82, 2.24) is 0 Å². The largest absolute Gasteiger partial charge is 0.384 e. The van der Waals surface area contributed by atoms with Crippen LogP contribution in [0.25, 0.3) is 0 Å². The van der Waals surface area contributed by atoms with Gasteiger partial charge >= 0.3 is 0 Å². The number of hydrogen-bond donors (Lipinski definition) is 0. The van der Waals surface area contributed by atoms with E-state index in [0.29, 0.717) is 5.91 Å². The molecule has 0 saturated heterocycles. The summed E-state index contributed by atoms with van der Waals surface area (Å²) in [7, 11) is 1.72. The maximum Gasteiger partial charge on any atom is 0.230 e. The van der Waals surface area contributed by atoms with Crippen LogP contribution in [0.5, 0.6) is 0 Å². The van der Waals surface area contributed by atoms with E-state index in [1.807, 2.05) is 4.90 Å². The molecule has 0 radical (unpaired) electrons. The zero-order valence-electron chi connectivity index (χ0n) is 15.8. The first kappa shape index (κ1) is 19.0. The van der Waals surface area contributed by atoms with Gasteiger partial charge in [-0.2, -0.15) is 0 Å². The minimum absolute atomic E-state index is 0.202. The van der Waals surface area contributed by atoms with Crippen molar-refractivity contribution in [3.63, 3.8) is 0 Å². The fraction of sp³-hybridized carbons (Fsp3) is 0.667. The highest BCUT2D eigenvalue weighted by Crippen LogP contribution is 2.34. The molecular formula is C21H33NO2. The van der Waals surface area contributed by atoms with Gasteiger partial charge in [0.1, 0.15) is 0 Å². The van der Waals surface area contributed by atoms with Crippen molar-refractivity contribution in [3.8, 4) is 0 Å². The molecule has 0 bridgehead atoms. The minimum Gasteiger partial charge on any atom is -0.384 e. The number of nitrogens with zero attached hydrogens (tertiary/aromatic N) is 1. The molecule has 1 aromatic rings. The second-order valence-corrected chi connectivity index (χ2v) is 7.35. The SMILES string of the molecule is CCN(C(=O)C1CCC(C(C)C)CC1)c1ccc(CCOC)cc1. The van der Waals surface area contributed by atoms with Gasteiger partial charge in [0.2, 0.25) is 5.91 Å². The van der Waals surface area contributed by atoms with E-state index < -0.39 is 0 Å². The molecule has 134 valence electrons. The van der Waals surface area contributed by atoms with Crippen LogP contribution < -0.4 is 4.90 Å². The number of ether oxygens (including phenoxy) is 1. The predicted octanol–water partition coefficient (Wildman–Crippen LogP) is 4.69. The molecule has 0 unspecified atom stereocenters. The smallest absolute Gasteiger partial charge is 0.230 e. The number of hydrogen-bond acceptors (Lipinski definition) is 2. The third-order valence-electron chi connectivity index (χ3n) is 5.49. The lowest BCUT2D eigenvalue weighted by molar-refractivity contribution is -0.123. The van der Waals surface area contributed by atoms with E-state index in [0.717, 1.165) is 49.9 Å². The van der Waals surface area contributed by atoms with E-state index in [-0.39, 0.29) is 5.92 Å². The number of carbonyl (C=O) groups is 1. The Hall–Kier alpha value is -1.35. The van der Waals surface area contributed by atoms with Gasteiger partial charge in [0.25, 0.3) is 0 Å². The summed E-state index contributed by atoms with van der Waals surface area (Å²) in [6.07, 6.45) is 5.40. The second-order valence-electron chi connectivity index (χ2n) is 7.35. The number of rotatable bonds is 7. The summed E-state index contributed by atoms with van der Waals surface area (Å²) in [6, 6.07) is 8.37. The van der Waals surface area contributed by atoms with Gasteiger partial charge in [-0.1, -0.05) is 26.0 Å². The number of benzene rings is 1. The normalized spacial score (nSPS) is 21.0. The van der Waals surface area contributed by atoms with Gasteiger partial charge in [0, 0.05) is 25.3 Å². The van der Waals surface area contributed by atoms with Crippen molar-refractivity contribution >= 4 is 11.6 Å². The molecule has 0 aromatic heterocycles. The Kier molecular flexibility index (Phi) is 7.29. The number of carbonyl (C=O) groups excluding carboxylic acids is 1. The van der Waals surface area contributed by atoms with Crippen molar-refractivity contribution in [3.05, 3.63) is 29.8 Å². The van der Waals surface area contributed by atoms with Crippen LogP contribution in [0.15, 0.2) is 24.3 Å². The van der Waals surface area contributed by atoms with E-state index in [2.05, 4.69) is 45.0 Å². The first-order valence-electron chi connectivity index (χ1n) is 9.46. The highest BCUT2D eigenvalue weighted by atomic mass is 16.5. The summed E-state index contributed by atoms with van der Waals surface area (Å²) < 4.78 is 5.12. The second kappa shape index (κ2) is 9.22. The quantitative estimate of drug-likeness (QED) is 0.725. The summed E-state index contributed by atoms with van der Waals surface area (Å²) in [5.41, 5.74) is 2.27. The van der Waals surface area contributed by atoms with Crippen LogP contribution in [-0.4, -0.2) is 26.2 Å². The molecule has 0 atom stereocenters. The Bertz CT molecular complexity index is 501. The first-order valence-corrected chi connectivity index (χ1v) is 9.46. The summed E-state index contributed by atoms with van der Waals surface area (Å²) in [5, 5.41) is 0. The predicted molar refractivity (Wildman–Crippen MR) is 100 cm³/mol. The molecule has 24 heavy (non-hydrogen) atoms. The molecule has 1 aromatic carbocycles. The van der Waals surface area contributed by atoms with Crippen LogP contribution >= 0.6 is 0 Å². The standard InChI is InChI=1S/C21H33NO2/c1-5-22(20-12-6-17(7-13-20)14-15-24-4)21(23)19-10-8-18(9-11-19)16(2)3/h6-7,12-13,16,18-19H,5,8-11,14-15H2,1-4H3. The maximum atomic E-state index is 13.0. The minimum atomic E-state index is 0.202. The Morgan fingerprint density at radius 3 is 2.29 bits per heavy atom. The number of anilines is 1. The molecule has 0 N–H and O–H groups in total. The van der Waals surface area contributed by atoms with Crippen molar-refractivity contribution in [2.75, 3.05) is 25.2 Å². The Balaban J connectivity index is 1.98. The highest BCUT2D eigenvalue weighted by Gasteiger charge is 2.30. The molecule has 3 nitrogen and oxygen atoms in total. The Labute approximate surface area is 147 Å². The van der Waals surface area contributed by atoms with Crippen molar-refractivity contribution in [1.29, 1.82) is 0 Å². The van der Waals surface area contributed by atoms with E-state index in [1.54, 1.807) is 7.11 Å². The lowest BCUT2D eigenvalue weighted by Gasteiger charge is -2.33. The molecule has 0 aliphatic heterocycles. The van der Waals surface area contributed by atoms with Gasteiger partial charge in [-0.15, -0.1) is 0 Å². The molecule has 1 saturated carbocycles. The average Bonchev–Trinajstić information content (AvgIpc) is 2.61. The van der Waals surface area contributed by atoms with Gasteiger partial charge < -0.3 is 9.64 Å². The fourth-order valence-electron chi connectivity index (χ4n) is 3.78. The van der Waals surface area contributed by atoms with E-state index in [4.69, 9.17) is 4.74 Å². The lowest BCUT2D eigenvalue weighted by atomic mass is 9.76. The number of amides is 1. The van der Waals surface area contributed by atoms with Gasteiger partial charge in [-0.05, 0) is 68.6 Å². The van der Waals surface area contributed by atoms with Crippen molar-refractivity contribution < 1.29 is 9.53 Å². The van der Waals surface area contributed by atoms with Crippen LogP contribution in [0.3, 0.4) is 0 Å². The fourth-order valence-corrected chi connectivity index (χ4v) is 3.78. The zero-order valence-corrected chi connectivity index (χ0v) is 15.8. The topological polar surface area (TPSA) is 29.5 Å². The zero-order chi connectivity index (χ0) is 17.5. The van der Waals surface area contributed by atoms with Gasteiger partial charge in [-0.25, -0.2) is 0 Å². The van der Waals surface area contributed by atoms with Crippen LogP contribution in [-0.2, 0) is 16.0 Å². The van der Waals surface area contributed by atoms with Gasteiger partial charge in [0.05, 0.1) is 6.61 Å². The van der Waals surface area contributed by atoms with E-state index in [1.165, 1.54) is 18.4 Å². The van der Waals surface area contributed by atoms with E-state index >= 15 is 0 Å². The molecule has 1 amide bonds. The third-order valence-corrected chi connectivity index (χ3v) is 5.49. The molecule has 2 rings (SSSR count). The molecule has 3 heteroatoms. The molecule has 0 spiro atoms. The maximum absolute atomic E-state index is 13.0. The molecular weight excluding hydrogens is 298 g/mol. The molecule has 0 heterocycles. The third kappa shape index (κ3) is 4.83. The summed E-state index contributed by atoms with van der Waals surface area (Å²) >= 11 is 0. The van der Waals surface area contributed by atoms with Crippen LogP contribution in [0.4, 0.5) is 5.69 Å². The van der Waals surface area contributed by atoms with Gasteiger partial charge in [0.15, 0.2) is 0 Å². The first-order chi connectivity index (χ1) is 11.6. The molecule has 1 aliphatic rings. The van der Waals surface area contributed by atoms with Gasteiger partial charge in [-0.3, -0.25) is 4.79 Å². The monoisotopic (exact) mass is 331 g/mol. The Morgan fingerprint density at radius 1 is 1.17 bits per heavy atom. The number of methoxy groups -OCH3 is 1. The van der Waals surface area contributed by atoms with Crippen LogP contribution in [0.1, 0.15) is 52.0 Å². The molecule has 1 fully saturated rings. The van der Waals surface area contributed by atoms with E-state index in [9.17, 15) is 4.79 Å². The van der Waals surface area contributed by atoms with Crippen LogP contribution in [0, 0.1) is 17.8 Å². The summed E-state index contributed by atoms with van der Waals surface area (Å²) in [4.78, 5) is 14.9. The molecule has 1 aliphatic carbocycles. The lowest BCUT2D eigenvalue weighted by Crippen LogP contribution is -2.38. The summed E-state index contributed by atoms with van der Waals surface area (Å²) in [6.45, 7) is 8.14. The van der Waals surface area contributed by atoms with Crippen LogP contribution in [0.2, 0.25) is 0 Å². The highest BCUT2D eigenvalue weighted by molar-refractivity contribution is 5.95. The average molecular weight is 332 g/mol.